The Morgan fingerprint density at radius 1 is 1.07 bits per heavy atom. The van der Waals surface area contributed by atoms with E-state index in [1.54, 1.807) is 25.2 Å². The van der Waals surface area contributed by atoms with Gasteiger partial charge in [0.1, 0.15) is 0 Å². The van der Waals surface area contributed by atoms with Crippen molar-refractivity contribution in [2.24, 2.45) is 23.2 Å². The van der Waals surface area contributed by atoms with Crippen LogP contribution in [0.3, 0.4) is 0 Å². The Bertz CT molecular complexity index is 858. The summed E-state index contributed by atoms with van der Waals surface area (Å²) in [6.07, 6.45) is 7.83. The van der Waals surface area contributed by atoms with E-state index in [0.29, 0.717) is 5.56 Å². The predicted molar refractivity (Wildman–Crippen MR) is 114 cm³/mol. The molecule has 1 amide bonds. The standard InChI is InChI=1S/C23H34N2O3S/c1-15(2)25(4)29(27,28)21-7-5-6-20(11-21)22(26)24-16(3)23-12-17-8-18(13-23)10-19(9-17)14-23/h5-7,11,15-19H,8-10,12-14H2,1-4H3,(H,24,26)/t16-,17?,18?,19?,23?/m1/s1. The van der Waals surface area contributed by atoms with Gasteiger partial charge in [-0.15, -0.1) is 0 Å². The highest BCUT2D eigenvalue weighted by atomic mass is 32.2. The van der Waals surface area contributed by atoms with E-state index in [-0.39, 0.29) is 28.3 Å². The van der Waals surface area contributed by atoms with Crippen molar-refractivity contribution in [3.05, 3.63) is 29.8 Å². The minimum atomic E-state index is -3.61. The second-order valence-electron chi connectivity index (χ2n) is 10.1. The van der Waals surface area contributed by atoms with Gasteiger partial charge in [0, 0.05) is 24.7 Å². The van der Waals surface area contributed by atoms with Gasteiger partial charge in [0.15, 0.2) is 0 Å². The number of carbonyl (C=O) groups excluding carboxylic acids is 1. The van der Waals surface area contributed by atoms with E-state index in [0.717, 1.165) is 17.8 Å². The lowest BCUT2D eigenvalue weighted by Gasteiger charge is -2.59. The Kier molecular flexibility index (Phi) is 5.31. The molecule has 0 aliphatic heterocycles. The van der Waals surface area contributed by atoms with Crippen molar-refractivity contribution in [2.75, 3.05) is 7.05 Å². The van der Waals surface area contributed by atoms with E-state index in [2.05, 4.69) is 12.2 Å². The van der Waals surface area contributed by atoms with Gasteiger partial charge < -0.3 is 5.32 Å². The van der Waals surface area contributed by atoms with Crippen LogP contribution in [0.4, 0.5) is 0 Å². The van der Waals surface area contributed by atoms with Crippen LogP contribution in [0, 0.1) is 23.2 Å². The Hall–Kier alpha value is -1.40. The van der Waals surface area contributed by atoms with Gasteiger partial charge in [-0.25, -0.2) is 8.42 Å². The number of nitrogens with zero attached hydrogens (tertiary/aromatic N) is 1. The second-order valence-corrected chi connectivity index (χ2v) is 12.1. The third-order valence-electron chi connectivity index (χ3n) is 7.85. The molecule has 4 aliphatic rings. The topological polar surface area (TPSA) is 66.5 Å². The smallest absolute Gasteiger partial charge is 0.251 e. The molecule has 6 heteroatoms. The van der Waals surface area contributed by atoms with Crippen LogP contribution in [0.15, 0.2) is 29.2 Å². The number of amides is 1. The van der Waals surface area contributed by atoms with Gasteiger partial charge in [-0.3, -0.25) is 4.79 Å². The minimum absolute atomic E-state index is 0.113. The lowest BCUT2D eigenvalue weighted by Crippen LogP contribution is -2.55. The van der Waals surface area contributed by atoms with Crippen molar-refractivity contribution in [3.8, 4) is 0 Å². The maximum atomic E-state index is 13.0. The van der Waals surface area contributed by atoms with E-state index in [1.807, 2.05) is 13.8 Å². The van der Waals surface area contributed by atoms with Crippen LogP contribution in [0.25, 0.3) is 0 Å². The van der Waals surface area contributed by atoms with Crippen molar-refractivity contribution in [2.45, 2.75) is 76.3 Å². The molecule has 5 nitrogen and oxygen atoms in total. The molecule has 5 rings (SSSR count). The van der Waals surface area contributed by atoms with E-state index < -0.39 is 10.0 Å². The molecule has 4 aliphatic carbocycles. The number of hydrogen-bond donors (Lipinski definition) is 1. The predicted octanol–water partition coefficient (Wildman–Crippen LogP) is 4.05. The van der Waals surface area contributed by atoms with E-state index >= 15 is 0 Å². The first-order valence-electron chi connectivity index (χ1n) is 11.0. The van der Waals surface area contributed by atoms with Gasteiger partial charge in [-0.1, -0.05) is 6.07 Å². The average molecular weight is 419 g/mol. The van der Waals surface area contributed by atoms with Gasteiger partial charge in [0.25, 0.3) is 5.91 Å². The monoisotopic (exact) mass is 418 g/mol. The first kappa shape index (κ1) is 20.9. The summed E-state index contributed by atoms with van der Waals surface area (Å²) in [6, 6.07) is 6.40. The first-order valence-corrected chi connectivity index (χ1v) is 12.4. The molecule has 4 saturated carbocycles. The molecule has 1 N–H and O–H groups in total. The highest BCUT2D eigenvalue weighted by molar-refractivity contribution is 7.89. The molecule has 0 radical (unpaired) electrons. The minimum Gasteiger partial charge on any atom is -0.349 e. The highest BCUT2D eigenvalue weighted by Gasteiger charge is 2.53. The zero-order valence-corrected chi connectivity index (χ0v) is 18.8. The number of sulfonamides is 1. The second kappa shape index (κ2) is 7.38. The number of nitrogens with one attached hydrogen (secondary N) is 1. The molecule has 1 atom stereocenters. The summed E-state index contributed by atoms with van der Waals surface area (Å²) < 4.78 is 26.9. The van der Waals surface area contributed by atoms with Gasteiger partial charge in [-0.05, 0) is 101 Å². The molecule has 0 saturated heterocycles. The van der Waals surface area contributed by atoms with E-state index in [4.69, 9.17) is 0 Å². The third kappa shape index (κ3) is 3.74. The van der Waals surface area contributed by atoms with Crippen LogP contribution in [0.5, 0.6) is 0 Å². The summed E-state index contributed by atoms with van der Waals surface area (Å²) in [6.45, 7) is 5.82. The van der Waals surface area contributed by atoms with Crippen LogP contribution in [0.1, 0.15) is 69.7 Å². The lowest BCUT2D eigenvalue weighted by molar-refractivity contribution is -0.0688. The molecule has 0 aromatic heterocycles. The number of hydrogen-bond acceptors (Lipinski definition) is 3. The summed E-state index contributed by atoms with van der Waals surface area (Å²) >= 11 is 0. The van der Waals surface area contributed by atoms with Crippen LogP contribution in [-0.2, 0) is 10.0 Å². The Morgan fingerprint density at radius 3 is 2.14 bits per heavy atom. The molecule has 29 heavy (non-hydrogen) atoms. The van der Waals surface area contributed by atoms with Gasteiger partial charge in [0.2, 0.25) is 10.0 Å². The van der Waals surface area contributed by atoms with Crippen molar-refractivity contribution in [1.29, 1.82) is 0 Å². The van der Waals surface area contributed by atoms with Crippen LogP contribution in [-0.4, -0.2) is 37.8 Å². The summed E-state index contributed by atoms with van der Waals surface area (Å²) in [7, 11) is -2.03. The van der Waals surface area contributed by atoms with Gasteiger partial charge in [0.05, 0.1) is 4.90 Å². The molecule has 4 bridgehead atoms. The van der Waals surface area contributed by atoms with E-state index in [9.17, 15) is 13.2 Å². The van der Waals surface area contributed by atoms with Crippen molar-refractivity contribution < 1.29 is 13.2 Å². The zero-order valence-electron chi connectivity index (χ0n) is 18.0. The van der Waals surface area contributed by atoms with Crippen molar-refractivity contribution >= 4 is 15.9 Å². The Labute approximate surface area is 175 Å². The molecule has 4 fully saturated rings. The van der Waals surface area contributed by atoms with Crippen LogP contribution in [0.2, 0.25) is 0 Å². The molecule has 160 valence electrons. The normalized spacial score (nSPS) is 32.0. The zero-order chi connectivity index (χ0) is 21.0. The largest absolute Gasteiger partial charge is 0.349 e. The average Bonchev–Trinajstić information content (AvgIpc) is 2.66. The quantitative estimate of drug-likeness (QED) is 0.758. The number of rotatable bonds is 6. The molecular formula is C23H34N2O3S. The van der Waals surface area contributed by atoms with Gasteiger partial charge >= 0.3 is 0 Å². The van der Waals surface area contributed by atoms with Gasteiger partial charge in [-0.2, -0.15) is 4.31 Å². The van der Waals surface area contributed by atoms with Crippen molar-refractivity contribution in [1.82, 2.24) is 9.62 Å². The molecular weight excluding hydrogens is 384 g/mol. The van der Waals surface area contributed by atoms with Crippen LogP contribution < -0.4 is 5.32 Å². The summed E-state index contributed by atoms with van der Waals surface area (Å²) in [5.41, 5.74) is 0.645. The fourth-order valence-electron chi connectivity index (χ4n) is 6.38. The van der Waals surface area contributed by atoms with E-state index in [1.165, 1.54) is 48.9 Å². The summed E-state index contributed by atoms with van der Waals surface area (Å²) in [4.78, 5) is 13.2. The third-order valence-corrected chi connectivity index (χ3v) is 9.88. The molecule has 0 heterocycles. The lowest BCUT2D eigenvalue weighted by atomic mass is 9.48. The molecule has 1 aromatic rings. The SMILES string of the molecule is CC(C)N(C)S(=O)(=O)c1cccc(C(=O)N[C@H](C)C23CC4CC(CC(C4)C2)C3)c1. The maximum Gasteiger partial charge on any atom is 0.251 e. The summed E-state index contributed by atoms with van der Waals surface area (Å²) in [5, 5.41) is 3.24. The molecule has 0 unspecified atom stereocenters. The Balaban J connectivity index is 1.51. The van der Waals surface area contributed by atoms with Crippen molar-refractivity contribution in [3.63, 3.8) is 0 Å². The Morgan fingerprint density at radius 2 is 1.62 bits per heavy atom. The number of carbonyl (C=O) groups is 1. The summed E-state index contributed by atoms with van der Waals surface area (Å²) in [5.74, 6) is 2.33. The van der Waals surface area contributed by atoms with Crippen LogP contribution >= 0.6 is 0 Å². The highest BCUT2D eigenvalue weighted by Crippen LogP contribution is 2.61. The molecule has 0 spiro atoms. The first-order chi connectivity index (χ1) is 13.6. The fraction of sp³-hybridized carbons (Fsp3) is 0.696. The fourth-order valence-corrected chi connectivity index (χ4v) is 7.80. The maximum absolute atomic E-state index is 13.0. The number of benzene rings is 1. The molecule has 1 aromatic carbocycles.